The third-order valence-corrected chi connectivity index (χ3v) is 1.58. The van der Waals surface area contributed by atoms with E-state index >= 15 is 0 Å². The van der Waals surface area contributed by atoms with Crippen LogP contribution in [0.2, 0.25) is 0 Å². The van der Waals surface area contributed by atoms with Gasteiger partial charge in [0.25, 0.3) is 0 Å². The number of hydrogen-bond acceptors (Lipinski definition) is 1. The van der Waals surface area contributed by atoms with Crippen molar-refractivity contribution in [2.75, 3.05) is 0 Å². The monoisotopic (exact) mass is 152 g/mol. The van der Waals surface area contributed by atoms with E-state index in [1.807, 2.05) is 12.2 Å². The lowest BCUT2D eigenvalue weighted by Gasteiger charge is -2.18. The normalized spacial score (nSPS) is 11.8. The molecule has 0 aliphatic rings. The summed E-state index contributed by atoms with van der Waals surface area (Å²) in [4.78, 5) is 10.2. The third kappa shape index (κ3) is 5.59. The minimum atomic E-state index is 0.0985. The molecule has 62 valence electrons. The fourth-order valence-electron chi connectivity index (χ4n) is 0.792. The molecule has 0 radical (unpaired) electrons. The van der Waals surface area contributed by atoms with Gasteiger partial charge in [-0.15, -0.1) is 0 Å². The minimum absolute atomic E-state index is 0.0985. The van der Waals surface area contributed by atoms with Crippen LogP contribution in [0.3, 0.4) is 0 Å². The van der Waals surface area contributed by atoms with Crippen molar-refractivity contribution in [3.63, 3.8) is 0 Å². The van der Waals surface area contributed by atoms with Crippen molar-refractivity contribution in [2.45, 2.75) is 26.7 Å². The highest BCUT2D eigenvalue weighted by Crippen LogP contribution is 2.23. The lowest BCUT2D eigenvalue weighted by Crippen LogP contribution is -2.09. The van der Waals surface area contributed by atoms with Crippen molar-refractivity contribution < 1.29 is 4.79 Å². The molecule has 0 atom stereocenters. The second-order valence-electron chi connectivity index (χ2n) is 3.40. The van der Waals surface area contributed by atoms with E-state index in [2.05, 4.69) is 20.4 Å². The first-order chi connectivity index (χ1) is 5.12. The van der Waals surface area contributed by atoms with Gasteiger partial charge in [-0.2, -0.15) is 0 Å². The summed E-state index contributed by atoms with van der Waals surface area (Å²) >= 11 is 0. The van der Waals surface area contributed by atoms with Crippen LogP contribution in [0.1, 0.15) is 26.7 Å². The van der Waals surface area contributed by atoms with Crippen LogP contribution in [0.4, 0.5) is 0 Å². The maximum Gasteiger partial charge on any atom is 0.120 e. The van der Waals surface area contributed by atoms with E-state index in [9.17, 15) is 4.79 Å². The van der Waals surface area contributed by atoms with Gasteiger partial charge in [0.05, 0.1) is 0 Å². The highest BCUT2D eigenvalue weighted by Gasteiger charge is 2.14. The van der Waals surface area contributed by atoms with Crippen LogP contribution in [0.5, 0.6) is 0 Å². The van der Waals surface area contributed by atoms with Gasteiger partial charge >= 0.3 is 0 Å². The number of rotatable bonds is 5. The first kappa shape index (κ1) is 10.2. The molecular weight excluding hydrogens is 136 g/mol. The summed E-state index contributed by atoms with van der Waals surface area (Å²) in [6.45, 7) is 7.73. The summed E-state index contributed by atoms with van der Waals surface area (Å²) in [7, 11) is 0. The molecule has 1 nitrogen and oxygen atoms in total. The lowest BCUT2D eigenvalue weighted by molar-refractivity contribution is -0.109. The number of hydrogen-bond donors (Lipinski definition) is 0. The van der Waals surface area contributed by atoms with Gasteiger partial charge in [0, 0.05) is 6.42 Å². The smallest absolute Gasteiger partial charge is 0.120 e. The topological polar surface area (TPSA) is 17.1 Å². The molecule has 0 aliphatic heterocycles. The van der Waals surface area contributed by atoms with E-state index < -0.39 is 0 Å². The van der Waals surface area contributed by atoms with Crippen molar-refractivity contribution in [3.05, 3.63) is 24.8 Å². The van der Waals surface area contributed by atoms with Gasteiger partial charge in [0.2, 0.25) is 0 Å². The van der Waals surface area contributed by atoms with E-state index in [1.165, 1.54) is 0 Å². The first-order valence-electron chi connectivity index (χ1n) is 3.83. The van der Waals surface area contributed by atoms with Gasteiger partial charge in [-0.25, -0.2) is 0 Å². The SMILES string of the molecule is C=C/C=C/CC(C)(C)CC=O. The molecule has 0 saturated carbocycles. The molecule has 11 heavy (non-hydrogen) atoms. The standard InChI is InChI=1S/C10H16O/c1-4-5-6-7-10(2,3)8-9-11/h4-6,9H,1,7-8H2,2-3H3/b6-5+. The first-order valence-corrected chi connectivity index (χ1v) is 3.83. The van der Waals surface area contributed by atoms with E-state index in [0.29, 0.717) is 6.42 Å². The molecule has 0 N–H and O–H groups in total. The van der Waals surface area contributed by atoms with Crippen molar-refractivity contribution in [1.29, 1.82) is 0 Å². The molecule has 0 bridgehead atoms. The largest absolute Gasteiger partial charge is 0.303 e. The van der Waals surface area contributed by atoms with Gasteiger partial charge in [-0.3, -0.25) is 0 Å². The van der Waals surface area contributed by atoms with E-state index in [-0.39, 0.29) is 5.41 Å². The Kier molecular flexibility index (Phi) is 4.51. The molecule has 0 amide bonds. The Morgan fingerprint density at radius 2 is 2.00 bits per heavy atom. The Bertz CT molecular complexity index is 154. The zero-order valence-corrected chi connectivity index (χ0v) is 7.34. The molecule has 0 heterocycles. The maximum absolute atomic E-state index is 10.2. The quantitative estimate of drug-likeness (QED) is 0.437. The van der Waals surface area contributed by atoms with Crippen molar-refractivity contribution >= 4 is 6.29 Å². The fourth-order valence-corrected chi connectivity index (χ4v) is 0.792. The second-order valence-corrected chi connectivity index (χ2v) is 3.40. The van der Waals surface area contributed by atoms with E-state index in [0.717, 1.165) is 12.7 Å². The minimum Gasteiger partial charge on any atom is -0.303 e. The van der Waals surface area contributed by atoms with Crippen LogP contribution in [-0.4, -0.2) is 6.29 Å². The molecule has 0 spiro atoms. The maximum atomic E-state index is 10.2. The molecule has 0 fully saturated rings. The molecular formula is C10H16O. The highest BCUT2D eigenvalue weighted by atomic mass is 16.1. The van der Waals surface area contributed by atoms with Gasteiger partial charge in [-0.1, -0.05) is 38.7 Å². The number of carbonyl (C=O) groups excluding carboxylic acids is 1. The van der Waals surface area contributed by atoms with Crippen LogP contribution in [0.15, 0.2) is 24.8 Å². The molecule has 0 aromatic heterocycles. The number of carbonyl (C=O) groups is 1. The van der Waals surface area contributed by atoms with Crippen molar-refractivity contribution in [2.24, 2.45) is 5.41 Å². The Morgan fingerprint density at radius 1 is 1.36 bits per heavy atom. The van der Waals surface area contributed by atoms with E-state index in [4.69, 9.17) is 0 Å². The van der Waals surface area contributed by atoms with Crippen molar-refractivity contribution in [3.8, 4) is 0 Å². The van der Waals surface area contributed by atoms with Gasteiger partial charge in [0.15, 0.2) is 0 Å². The van der Waals surface area contributed by atoms with Crippen LogP contribution < -0.4 is 0 Å². The fraction of sp³-hybridized carbons (Fsp3) is 0.500. The van der Waals surface area contributed by atoms with Crippen LogP contribution in [-0.2, 0) is 4.79 Å². The number of allylic oxidation sites excluding steroid dienone is 3. The van der Waals surface area contributed by atoms with Gasteiger partial charge in [-0.05, 0) is 11.8 Å². The summed E-state index contributed by atoms with van der Waals surface area (Å²) in [5.41, 5.74) is 0.0985. The Labute approximate surface area is 68.8 Å². The summed E-state index contributed by atoms with van der Waals surface area (Å²) < 4.78 is 0. The zero-order valence-electron chi connectivity index (χ0n) is 7.34. The molecule has 0 aromatic carbocycles. The second kappa shape index (κ2) is 4.89. The molecule has 1 heteroatoms. The average molecular weight is 152 g/mol. The summed E-state index contributed by atoms with van der Waals surface area (Å²) in [5, 5.41) is 0. The van der Waals surface area contributed by atoms with Gasteiger partial charge in [0.1, 0.15) is 6.29 Å². The average Bonchev–Trinajstić information content (AvgIpc) is 1.87. The lowest BCUT2D eigenvalue weighted by atomic mass is 9.86. The Hall–Kier alpha value is -0.850. The molecule has 0 rings (SSSR count). The van der Waals surface area contributed by atoms with Crippen LogP contribution in [0.25, 0.3) is 0 Å². The van der Waals surface area contributed by atoms with E-state index in [1.54, 1.807) is 6.08 Å². The predicted octanol–water partition coefficient (Wildman–Crippen LogP) is 2.73. The predicted molar refractivity (Wildman–Crippen MR) is 48.4 cm³/mol. The zero-order chi connectivity index (χ0) is 8.74. The molecule has 0 aliphatic carbocycles. The highest BCUT2D eigenvalue weighted by molar-refractivity contribution is 5.50. The van der Waals surface area contributed by atoms with Crippen molar-refractivity contribution in [1.82, 2.24) is 0 Å². The summed E-state index contributed by atoms with van der Waals surface area (Å²) in [6, 6.07) is 0. The molecule has 0 unspecified atom stereocenters. The Morgan fingerprint density at radius 3 is 2.45 bits per heavy atom. The molecule has 0 saturated heterocycles. The summed E-state index contributed by atoms with van der Waals surface area (Å²) in [5.74, 6) is 0. The third-order valence-electron chi connectivity index (χ3n) is 1.58. The van der Waals surface area contributed by atoms with Crippen LogP contribution in [0, 0.1) is 5.41 Å². The summed E-state index contributed by atoms with van der Waals surface area (Å²) in [6.07, 6.45) is 8.22. The number of aldehydes is 1. The molecule has 0 aromatic rings. The van der Waals surface area contributed by atoms with Gasteiger partial charge < -0.3 is 4.79 Å². The Balaban J connectivity index is 3.79. The van der Waals surface area contributed by atoms with Crippen LogP contribution >= 0.6 is 0 Å².